The predicted molar refractivity (Wildman–Crippen MR) is 80.2 cm³/mol. The first-order chi connectivity index (χ1) is 9.79. The summed E-state index contributed by atoms with van der Waals surface area (Å²) in [7, 11) is 1.64. The molecule has 1 atom stereocenters. The Hall–Kier alpha value is -1.24. The maximum Gasteiger partial charge on any atom is 0.273 e. The number of thiophene rings is 1. The Morgan fingerprint density at radius 1 is 1.55 bits per heavy atom. The van der Waals surface area contributed by atoms with Crippen LogP contribution in [0.15, 0.2) is 22.9 Å². The largest absolute Gasteiger partial charge is 0.378 e. The highest BCUT2D eigenvalue weighted by molar-refractivity contribution is 7.10. The van der Waals surface area contributed by atoms with Crippen molar-refractivity contribution in [3.8, 4) is 0 Å². The van der Waals surface area contributed by atoms with E-state index in [1.54, 1.807) is 18.4 Å². The van der Waals surface area contributed by atoms with Crippen LogP contribution in [0.2, 0.25) is 0 Å². The summed E-state index contributed by atoms with van der Waals surface area (Å²) in [6.45, 7) is 1.28. The fraction of sp³-hybridized carbons (Fsp3) is 0.429. The Kier molecular flexibility index (Phi) is 4.14. The molecule has 1 amide bonds. The van der Waals surface area contributed by atoms with Crippen LogP contribution in [-0.4, -0.2) is 29.4 Å². The molecule has 1 aliphatic rings. The van der Waals surface area contributed by atoms with Gasteiger partial charge in [-0.05, 0) is 24.3 Å². The van der Waals surface area contributed by atoms with Gasteiger partial charge in [0, 0.05) is 23.9 Å². The minimum absolute atomic E-state index is 0.0412. The minimum atomic E-state index is 0.0412. The molecule has 0 bridgehead atoms. The SMILES string of the molecule is COCc1nc(C(=O)N2CCC[C@@H]2c2cccs2)cs1. The van der Waals surface area contributed by atoms with Crippen LogP contribution in [0.3, 0.4) is 0 Å². The van der Waals surface area contributed by atoms with E-state index in [1.807, 2.05) is 16.3 Å². The zero-order valence-electron chi connectivity index (χ0n) is 11.2. The number of rotatable bonds is 4. The van der Waals surface area contributed by atoms with E-state index in [-0.39, 0.29) is 11.9 Å². The molecule has 0 aliphatic carbocycles. The molecule has 1 saturated heterocycles. The number of aromatic nitrogens is 1. The van der Waals surface area contributed by atoms with Crippen LogP contribution in [0.4, 0.5) is 0 Å². The molecule has 0 radical (unpaired) electrons. The highest BCUT2D eigenvalue weighted by Crippen LogP contribution is 2.35. The van der Waals surface area contributed by atoms with E-state index < -0.39 is 0 Å². The van der Waals surface area contributed by atoms with Crippen LogP contribution >= 0.6 is 22.7 Å². The van der Waals surface area contributed by atoms with Crippen LogP contribution in [0.25, 0.3) is 0 Å². The molecule has 6 heteroatoms. The summed E-state index contributed by atoms with van der Waals surface area (Å²) in [6, 6.07) is 4.37. The summed E-state index contributed by atoms with van der Waals surface area (Å²) in [4.78, 5) is 20.2. The van der Waals surface area contributed by atoms with Gasteiger partial charge in [-0.15, -0.1) is 22.7 Å². The smallest absolute Gasteiger partial charge is 0.273 e. The van der Waals surface area contributed by atoms with Gasteiger partial charge in [-0.1, -0.05) is 6.07 Å². The van der Waals surface area contributed by atoms with Gasteiger partial charge < -0.3 is 9.64 Å². The van der Waals surface area contributed by atoms with E-state index >= 15 is 0 Å². The average Bonchev–Trinajstić information content (AvgIpc) is 3.19. The van der Waals surface area contributed by atoms with Crippen LogP contribution < -0.4 is 0 Å². The quantitative estimate of drug-likeness (QED) is 0.870. The topological polar surface area (TPSA) is 42.4 Å². The molecule has 20 heavy (non-hydrogen) atoms. The first-order valence-electron chi connectivity index (χ1n) is 6.57. The van der Waals surface area contributed by atoms with E-state index in [4.69, 9.17) is 4.74 Å². The molecule has 4 nitrogen and oxygen atoms in total. The summed E-state index contributed by atoms with van der Waals surface area (Å²) in [5, 5.41) is 4.75. The number of likely N-dealkylation sites (tertiary alicyclic amines) is 1. The molecule has 2 aromatic heterocycles. The molecule has 1 aliphatic heterocycles. The molecule has 0 unspecified atom stereocenters. The highest BCUT2D eigenvalue weighted by atomic mass is 32.1. The number of thiazole rings is 1. The van der Waals surface area contributed by atoms with Crippen molar-refractivity contribution in [2.75, 3.05) is 13.7 Å². The van der Waals surface area contributed by atoms with Gasteiger partial charge in [0.1, 0.15) is 10.7 Å². The standard InChI is InChI=1S/C14H16N2O2S2/c1-18-8-13-15-10(9-20-13)14(17)16-6-2-4-11(16)12-5-3-7-19-12/h3,5,7,9,11H,2,4,6,8H2,1H3/t11-/m1/s1. The molecule has 1 fully saturated rings. The van der Waals surface area contributed by atoms with Gasteiger partial charge in [0.05, 0.1) is 12.6 Å². The average molecular weight is 308 g/mol. The Bertz CT molecular complexity index is 580. The first-order valence-corrected chi connectivity index (χ1v) is 8.33. The summed E-state index contributed by atoms with van der Waals surface area (Å²) < 4.78 is 5.05. The van der Waals surface area contributed by atoms with Crippen molar-refractivity contribution in [3.63, 3.8) is 0 Å². The van der Waals surface area contributed by atoms with Gasteiger partial charge in [0.25, 0.3) is 5.91 Å². The van der Waals surface area contributed by atoms with Crippen molar-refractivity contribution < 1.29 is 9.53 Å². The Balaban J connectivity index is 1.78. The van der Waals surface area contributed by atoms with Crippen molar-refractivity contribution >= 4 is 28.6 Å². The van der Waals surface area contributed by atoms with Gasteiger partial charge in [0.15, 0.2) is 0 Å². The second-order valence-corrected chi connectivity index (χ2v) is 6.65. The van der Waals surface area contributed by atoms with E-state index in [1.165, 1.54) is 16.2 Å². The fourth-order valence-corrected chi connectivity index (χ4v) is 4.14. The number of nitrogens with zero attached hydrogens (tertiary/aromatic N) is 2. The van der Waals surface area contributed by atoms with E-state index in [0.717, 1.165) is 24.4 Å². The number of hydrogen-bond acceptors (Lipinski definition) is 5. The third-order valence-corrected chi connectivity index (χ3v) is 5.22. The number of carbonyl (C=O) groups is 1. The van der Waals surface area contributed by atoms with Crippen LogP contribution in [-0.2, 0) is 11.3 Å². The lowest BCUT2D eigenvalue weighted by Crippen LogP contribution is -2.30. The lowest BCUT2D eigenvalue weighted by Gasteiger charge is -2.22. The maximum absolute atomic E-state index is 12.6. The number of ether oxygens (including phenoxy) is 1. The Morgan fingerprint density at radius 3 is 3.20 bits per heavy atom. The number of amides is 1. The molecule has 0 N–H and O–H groups in total. The van der Waals surface area contributed by atoms with Gasteiger partial charge in [0.2, 0.25) is 0 Å². The molecular formula is C14H16N2O2S2. The predicted octanol–water partition coefficient (Wildman–Crippen LogP) is 3.33. The third kappa shape index (κ3) is 2.63. The molecule has 0 spiro atoms. The van der Waals surface area contributed by atoms with Crippen LogP contribution in [0, 0.1) is 0 Å². The third-order valence-electron chi connectivity index (χ3n) is 3.42. The highest BCUT2D eigenvalue weighted by Gasteiger charge is 2.32. The van der Waals surface area contributed by atoms with Crippen molar-refractivity contribution in [3.05, 3.63) is 38.5 Å². The lowest BCUT2D eigenvalue weighted by atomic mass is 10.2. The van der Waals surface area contributed by atoms with Gasteiger partial charge in [-0.3, -0.25) is 4.79 Å². The zero-order chi connectivity index (χ0) is 13.9. The number of methoxy groups -OCH3 is 1. The van der Waals surface area contributed by atoms with Crippen LogP contribution in [0.5, 0.6) is 0 Å². The Morgan fingerprint density at radius 2 is 2.45 bits per heavy atom. The molecular weight excluding hydrogens is 292 g/mol. The zero-order valence-corrected chi connectivity index (χ0v) is 12.9. The van der Waals surface area contributed by atoms with Crippen molar-refractivity contribution in [2.45, 2.75) is 25.5 Å². The first kappa shape index (κ1) is 13.7. The maximum atomic E-state index is 12.6. The lowest BCUT2D eigenvalue weighted by molar-refractivity contribution is 0.0732. The van der Waals surface area contributed by atoms with Gasteiger partial charge in [-0.2, -0.15) is 0 Å². The van der Waals surface area contributed by atoms with Gasteiger partial charge in [-0.25, -0.2) is 4.98 Å². The second-order valence-electron chi connectivity index (χ2n) is 4.73. The molecule has 2 aromatic rings. The van der Waals surface area contributed by atoms with Crippen molar-refractivity contribution in [2.24, 2.45) is 0 Å². The molecule has 0 saturated carbocycles. The van der Waals surface area contributed by atoms with Crippen molar-refractivity contribution in [1.82, 2.24) is 9.88 Å². The summed E-state index contributed by atoms with van der Waals surface area (Å²) in [6.07, 6.45) is 2.10. The summed E-state index contributed by atoms with van der Waals surface area (Å²) in [5.74, 6) is 0.0412. The monoisotopic (exact) mass is 308 g/mol. The van der Waals surface area contributed by atoms with Gasteiger partial charge >= 0.3 is 0 Å². The summed E-state index contributed by atoms with van der Waals surface area (Å²) in [5.41, 5.74) is 0.547. The number of hydrogen-bond donors (Lipinski definition) is 0. The van der Waals surface area contributed by atoms with E-state index in [0.29, 0.717) is 12.3 Å². The minimum Gasteiger partial charge on any atom is -0.378 e. The molecule has 0 aromatic carbocycles. The molecule has 106 valence electrons. The van der Waals surface area contributed by atoms with E-state index in [2.05, 4.69) is 16.4 Å². The van der Waals surface area contributed by atoms with Crippen molar-refractivity contribution in [1.29, 1.82) is 0 Å². The Labute approximate surface area is 126 Å². The normalized spacial score (nSPS) is 18.6. The van der Waals surface area contributed by atoms with Crippen LogP contribution in [0.1, 0.15) is 39.3 Å². The fourth-order valence-electron chi connectivity index (χ4n) is 2.53. The second kappa shape index (κ2) is 6.03. The molecule has 3 heterocycles. The summed E-state index contributed by atoms with van der Waals surface area (Å²) >= 11 is 3.20. The van der Waals surface area contributed by atoms with E-state index in [9.17, 15) is 4.79 Å². The number of carbonyl (C=O) groups excluding carboxylic acids is 1. The molecule has 3 rings (SSSR count).